The predicted octanol–water partition coefficient (Wildman–Crippen LogP) is 1.20. The molecule has 0 fully saturated rings. The highest BCUT2D eigenvalue weighted by atomic mass is 16.5. The van der Waals surface area contributed by atoms with Crippen LogP contribution in [0.15, 0.2) is 47.4 Å². The van der Waals surface area contributed by atoms with E-state index in [0.29, 0.717) is 30.3 Å². The molecule has 1 aromatic heterocycles. The van der Waals surface area contributed by atoms with E-state index in [4.69, 9.17) is 9.47 Å². The lowest BCUT2D eigenvalue weighted by atomic mass is 10.3. The number of carbonyl (C=O) groups is 1. The average molecular weight is 302 g/mol. The number of nitrogens with zero attached hydrogens (tertiary/aromatic N) is 1. The molecule has 0 spiro atoms. The Bertz CT molecular complexity index is 709. The van der Waals surface area contributed by atoms with Gasteiger partial charge in [0.25, 0.3) is 5.91 Å². The Morgan fingerprint density at radius 2 is 1.95 bits per heavy atom. The molecule has 1 aromatic carbocycles. The first-order valence-corrected chi connectivity index (χ1v) is 6.82. The number of rotatable bonds is 6. The third-order valence-electron chi connectivity index (χ3n) is 3.07. The quantitative estimate of drug-likeness (QED) is 0.814. The molecule has 0 saturated carbocycles. The van der Waals surface area contributed by atoms with Gasteiger partial charge in [0.2, 0.25) is 0 Å². The summed E-state index contributed by atoms with van der Waals surface area (Å²) in [7, 11) is 3.28. The van der Waals surface area contributed by atoms with Gasteiger partial charge in [-0.1, -0.05) is 12.1 Å². The van der Waals surface area contributed by atoms with E-state index in [0.717, 1.165) is 0 Å². The first-order valence-electron chi connectivity index (χ1n) is 6.82. The van der Waals surface area contributed by atoms with Crippen molar-refractivity contribution in [3.05, 3.63) is 58.5 Å². The molecule has 6 heteroatoms. The van der Waals surface area contributed by atoms with Crippen LogP contribution in [0.3, 0.4) is 0 Å². The van der Waals surface area contributed by atoms with E-state index in [1.165, 1.54) is 12.1 Å². The van der Waals surface area contributed by atoms with Gasteiger partial charge in [0, 0.05) is 25.4 Å². The highest BCUT2D eigenvalue weighted by Gasteiger charge is 2.08. The number of hydrogen-bond acceptors (Lipinski definition) is 4. The van der Waals surface area contributed by atoms with E-state index < -0.39 is 0 Å². The van der Waals surface area contributed by atoms with Gasteiger partial charge in [-0.2, -0.15) is 0 Å². The highest BCUT2D eigenvalue weighted by molar-refractivity contribution is 5.92. The first-order chi connectivity index (χ1) is 10.6. The Morgan fingerprint density at radius 1 is 1.23 bits per heavy atom. The molecular weight excluding hydrogens is 284 g/mol. The molecule has 0 saturated heterocycles. The summed E-state index contributed by atoms with van der Waals surface area (Å²) in [5, 5.41) is 2.71. The monoisotopic (exact) mass is 302 g/mol. The summed E-state index contributed by atoms with van der Waals surface area (Å²) in [5.41, 5.74) is 0.110. The van der Waals surface area contributed by atoms with E-state index in [2.05, 4.69) is 5.32 Å². The van der Waals surface area contributed by atoms with E-state index >= 15 is 0 Å². The Morgan fingerprint density at radius 3 is 2.68 bits per heavy atom. The van der Waals surface area contributed by atoms with Gasteiger partial charge >= 0.3 is 0 Å². The minimum absolute atomic E-state index is 0.200. The molecule has 1 amide bonds. The van der Waals surface area contributed by atoms with Crippen LogP contribution in [0.4, 0.5) is 0 Å². The van der Waals surface area contributed by atoms with Gasteiger partial charge in [-0.15, -0.1) is 0 Å². The van der Waals surface area contributed by atoms with Gasteiger partial charge in [-0.3, -0.25) is 9.59 Å². The molecule has 0 aliphatic heterocycles. The van der Waals surface area contributed by atoms with Crippen molar-refractivity contribution in [3.8, 4) is 11.5 Å². The number of aryl methyl sites for hydroxylation is 1. The predicted molar refractivity (Wildman–Crippen MR) is 82.5 cm³/mol. The van der Waals surface area contributed by atoms with Crippen molar-refractivity contribution in [1.29, 1.82) is 0 Å². The number of amides is 1. The fourth-order valence-corrected chi connectivity index (χ4v) is 1.93. The van der Waals surface area contributed by atoms with Crippen LogP contribution in [-0.2, 0) is 7.05 Å². The van der Waals surface area contributed by atoms with E-state index in [1.807, 2.05) is 12.1 Å². The van der Waals surface area contributed by atoms with Crippen molar-refractivity contribution >= 4 is 5.91 Å². The molecule has 0 bridgehead atoms. The third-order valence-corrected chi connectivity index (χ3v) is 3.07. The zero-order valence-corrected chi connectivity index (χ0v) is 12.5. The maximum atomic E-state index is 12.0. The van der Waals surface area contributed by atoms with E-state index in [-0.39, 0.29) is 11.3 Å². The van der Waals surface area contributed by atoms with Gasteiger partial charge in [0.05, 0.1) is 13.7 Å². The first kappa shape index (κ1) is 15.6. The Labute approximate surface area is 128 Å². The normalized spacial score (nSPS) is 10.1. The molecule has 2 rings (SSSR count). The SMILES string of the molecule is COc1ccccc1OCCNC(=O)c1cc(=O)ccn1C. The summed E-state index contributed by atoms with van der Waals surface area (Å²) in [6.45, 7) is 0.618. The molecule has 0 aliphatic carbocycles. The van der Waals surface area contributed by atoms with Crippen molar-refractivity contribution in [2.75, 3.05) is 20.3 Å². The molecule has 0 atom stereocenters. The number of carbonyl (C=O) groups excluding carboxylic acids is 1. The standard InChI is InChI=1S/C16H18N2O4/c1-18-9-7-12(19)11-13(18)16(20)17-8-10-22-15-6-4-3-5-14(15)21-2/h3-7,9,11H,8,10H2,1-2H3,(H,17,20). The minimum atomic E-state index is -0.316. The molecule has 1 heterocycles. The van der Waals surface area contributed by atoms with Crippen molar-refractivity contribution in [2.24, 2.45) is 7.05 Å². The second-order valence-electron chi connectivity index (χ2n) is 4.61. The minimum Gasteiger partial charge on any atom is -0.493 e. The summed E-state index contributed by atoms with van der Waals surface area (Å²) in [5.74, 6) is 0.939. The fourth-order valence-electron chi connectivity index (χ4n) is 1.93. The van der Waals surface area contributed by atoms with E-state index in [1.54, 1.807) is 37.1 Å². The van der Waals surface area contributed by atoms with Gasteiger partial charge < -0.3 is 19.4 Å². The molecule has 2 aromatic rings. The number of methoxy groups -OCH3 is 1. The molecule has 116 valence electrons. The fraction of sp³-hybridized carbons (Fsp3) is 0.250. The maximum Gasteiger partial charge on any atom is 0.268 e. The molecule has 0 radical (unpaired) electrons. The second-order valence-corrected chi connectivity index (χ2v) is 4.61. The van der Waals surface area contributed by atoms with Crippen LogP contribution in [0.1, 0.15) is 10.5 Å². The summed E-state index contributed by atoms with van der Waals surface area (Å²) < 4.78 is 12.3. The van der Waals surface area contributed by atoms with Crippen LogP contribution in [0.5, 0.6) is 11.5 Å². The number of nitrogens with one attached hydrogen (secondary N) is 1. The Kier molecular flexibility index (Phi) is 5.19. The van der Waals surface area contributed by atoms with Crippen LogP contribution in [-0.4, -0.2) is 30.7 Å². The second kappa shape index (κ2) is 7.31. The molecule has 6 nitrogen and oxygen atoms in total. The number of hydrogen-bond donors (Lipinski definition) is 1. The molecular formula is C16H18N2O4. The summed E-state index contributed by atoms with van der Waals surface area (Å²) in [4.78, 5) is 23.3. The average Bonchev–Trinajstić information content (AvgIpc) is 2.54. The summed E-state index contributed by atoms with van der Waals surface area (Å²) in [6.07, 6.45) is 1.56. The van der Waals surface area contributed by atoms with Crippen molar-refractivity contribution in [2.45, 2.75) is 0 Å². The van der Waals surface area contributed by atoms with Crippen LogP contribution in [0.25, 0.3) is 0 Å². The van der Waals surface area contributed by atoms with Crippen molar-refractivity contribution < 1.29 is 14.3 Å². The zero-order chi connectivity index (χ0) is 15.9. The summed E-state index contributed by atoms with van der Waals surface area (Å²) >= 11 is 0. The highest BCUT2D eigenvalue weighted by Crippen LogP contribution is 2.25. The van der Waals surface area contributed by atoms with Crippen molar-refractivity contribution in [3.63, 3.8) is 0 Å². The van der Waals surface area contributed by atoms with Crippen molar-refractivity contribution in [1.82, 2.24) is 9.88 Å². The topological polar surface area (TPSA) is 69.6 Å². The van der Waals surface area contributed by atoms with Crippen LogP contribution in [0.2, 0.25) is 0 Å². The van der Waals surface area contributed by atoms with E-state index in [9.17, 15) is 9.59 Å². The lowest BCUT2D eigenvalue weighted by Gasteiger charge is -2.11. The maximum absolute atomic E-state index is 12.0. The number of benzene rings is 1. The smallest absolute Gasteiger partial charge is 0.268 e. The van der Waals surface area contributed by atoms with Crippen LogP contribution >= 0.6 is 0 Å². The van der Waals surface area contributed by atoms with Gasteiger partial charge in [0.15, 0.2) is 16.9 Å². The third kappa shape index (κ3) is 3.88. The van der Waals surface area contributed by atoms with Crippen LogP contribution in [0, 0.1) is 0 Å². The largest absolute Gasteiger partial charge is 0.493 e. The molecule has 1 N–H and O–H groups in total. The number of ether oxygens (including phenoxy) is 2. The zero-order valence-electron chi connectivity index (χ0n) is 12.5. The van der Waals surface area contributed by atoms with Gasteiger partial charge in [0.1, 0.15) is 12.3 Å². The summed E-state index contributed by atoms with van der Waals surface area (Å²) in [6, 6.07) is 9.99. The van der Waals surface area contributed by atoms with Gasteiger partial charge in [-0.05, 0) is 12.1 Å². The number of pyridine rings is 1. The van der Waals surface area contributed by atoms with Gasteiger partial charge in [-0.25, -0.2) is 0 Å². The lowest BCUT2D eigenvalue weighted by molar-refractivity contribution is 0.0937. The Balaban J connectivity index is 1.87. The lowest BCUT2D eigenvalue weighted by Crippen LogP contribution is -2.31. The number of aromatic nitrogens is 1. The Hall–Kier alpha value is -2.76. The number of para-hydroxylation sites is 2. The molecule has 0 aliphatic rings. The molecule has 0 unspecified atom stereocenters. The molecule has 22 heavy (non-hydrogen) atoms. The van der Waals surface area contributed by atoms with Crippen LogP contribution < -0.4 is 20.2 Å².